The minimum absolute atomic E-state index is 0.328. The van der Waals surface area contributed by atoms with Crippen LogP contribution in [0.5, 0.6) is 0 Å². The maximum Gasteiger partial charge on any atom is 0.257 e. The molecule has 5 heteroatoms. The molecule has 1 amide bonds. The zero-order chi connectivity index (χ0) is 18.0. The molecule has 1 aliphatic rings. The molecule has 1 unspecified atom stereocenters. The van der Waals surface area contributed by atoms with Crippen molar-refractivity contribution >= 4 is 22.5 Å². The SMILES string of the molecule is O=C(Nc1cnc2ccccc2c1)C1(O)CCN(Cc2ccccc2)C1. The molecule has 2 heterocycles. The molecule has 2 aromatic carbocycles. The molecule has 132 valence electrons. The number of pyridine rings is 1. The molecule has 4 rings (SSSR count). The summed E-state index contributed by atoms with van der Waals surface area (Å²) in [6.45, 7) is 1.75. The number of nitrogens with one attached hydrogen (secondary N) is 1. The summed E-state index contributed by atoms with van der Waals surface area (Å²) in [7, 11) is 0. The first kappa shape index (κ1) is 16.7. The van der Waals surface area contributed by atoms with Crippen LogP contribution in [0.1, 0.15) is 12.0 Å². The van der Waals surface area contributed by atoms with Gasteiger partial charge in [-0.25, -0.2) is 0 Å². The van der Waals surface area contributed by atoms with Gasteiger partial charge < -0.3 is 10.4 Å². The molecule has 0 bridgehead atoms. The van der Waals surface area contributed by atoms with E-state index in [1.807, 2.05) is 48.5 Å². The summed E-state index contributed by atoms with van der Waals surface area (Å²) in [6.07, 6.45) is 2.05. The zero-order valence-electron chi connectivity index (χ0n) is 14.4. The summed E-state index contributed by atoms with van der Waals surface area (Å²) in [4.78, 5) is 19.1. The predicted molar refractivity (Wildman–Crippen MR) is 102 cm³/mol. The second kappa shape index (κ2) is 6.86. The second-order valence-electron chi connectivity index (χ2n) is 6.85. The van der Waals surface area contributed by atoms with Gasteiger partial charge >= 0.3 is 0 Å². The van der Waals surface area contributed by atoms with E-state index in [1.165, 1.54) is 5.56 Å². The average molecular weight is 347 g/mol. The van der Waals surface area contributed by atoms with Gasteiger partial charge in [0.15, 0.2) is 5.60 Å². The first-order valence-corrected chi connectivity index (χ1v) is 8.77. The number of hydrogen-bond donors (Lipinski definition) is 2. The van der Waals surface area contributed by atoms with E-state index in [1.54, 1.807) is 6.20 Å². The van der Waals surface area contributed by atoms with Gasteiger partial charge in [-0.15, -0.1) is 0 Å². The number of benzene rings is 2. The molecule has 26 heavy (non-hydrogen) atoms. The minimum atomic E-state index is -1.37. The van der Waals surface area contributed by atoms with Crippen molar-refractivity contribution in [3.63, 3.8) is 0 Å². The smallest absolute Gasteiger partial charge is 0.257 e. The highest BCUT2D eigenvalue weighted by Crippen LogP contribution is 2.25. The maximum absolute atomic E-state index is 12.7. The lowest BCUT2D eigenvalue weighted by Gasteiger charge is -2.22. The molecule has 1 aromatic heterocycles. The normalized spacial score (nSPS) is 20.3. The molecule has 1 aliphatic heterocycles. The van der Waals surface area contributed by atoms with Gasteiger partial charge in [0.05, 0.1) is 17.4 Å². The summed E-state index contributed by atoms with van der Waals surface area (Å²) in [5.74, 6) is -0.370. The van der Waals surface area contributed by atoms with Crippen molar-refractivity contribution in [1.29, 1.82) is 0 Å². The fourth-order valence-electron chi connectivity index (χ4n) is 3.42. The van der Waals surface area contributed by atoms with Crippen LogP contribution in [0.4, 0.5) is 5.69 Å². The van der Waals surface area contributed by atoms with Crippen LogP contribution in [0, 0.1) is 0 Å². The van der Waals surface area contributed by atoms with Crippen molar-refractivity contribution in [1.82, 2.24) is 9.88 Å². The highest BCUT2D eigenvalue weighted by molar-refractivity contribution is 5.98. The lowest BCUT2D eigenvalue weighted by molar-refractivity contribution is -0.132. The molecule has 1 saturated heterocycles. The summed E-state index contributed by atoms with van der Waals surface area (Å²) >= 11 is 0. The van der Waals surface area contributed by atoms with Crippen molar-refractivity contribution in [3.05, 3.63) is 72.4 Å². The number of rotatable bonds is 4. The van der Waals surface area contributed by atoms with E-state index in [9.17, 15) is 9.90 Å². The van der Waals surface area contributed by atoms with Crippen molar-refractivity contribution < 1.29 is 9.90 Å². The largest absolute Gasteiger partial charge is 0.379 e. The molecule has 2 N–H and O–H groups in total. The van der Waals surface area contributed by atoms with Gasteiger partial charge in [0, 0.05) is 25.0 Å². The highest BCUT2D eigenvalue weighted by Gasteiger charge is 2.42. The Morgan fingerprint density at radius 2 is 1.92 bits per heavy atom. The van der Waals surface area contributed by atoms with Gasteiger partial charge in [-0.1, -0.05) is 48.5 Å². The monoisotopic (exact) mass is 347 g/mol. The van der Waals surface area contributed by atoms with Crippen LogP contribution in [0.2, 0.25) is 0 Å². The van der Waals surface area contributed by atoms with Crippen LogP contribution in [-0.4, -0.2) is 39.6 Å². The van der Waals surface area contributed by atoms with Crippen LogP contribution in [-0.2, 0) is 11.3 Å². The van der Waals surface area contributed by atoms with Crippen LogP contribution >= 0.6 is 0 Å². The number of nitrogens with zero attached hydrogens (tertiary/aromatic N) is 2. The summed E-state index contributed by atoms with van der Waals surface area (Å²) in [5.41, 5.74) is 1.28. The zero-order valence-corrected chi connectivity index (χ0v) is 14.4. The number of hydrogen-bond acceptors (Lipinski definition) is 4. The minimum Gasteiger partial charge on any atom is -0.379 e. The number of carbonyl (C=O) groups is 1. The number of β-amino-alcohol motifs (C(OH)–C–C–N with tert-alkyl or cyclic N) is 1. The average Bonchev–Trinajstić information content (AvgIpc) is 3.04. The number of carbonyl (C=O) groups excluding carboxylic acids is 1. The van der Waals surface area contributed by atoms with Crippen molar-refractivity contribution in [2.24, 2.45) is 0 Å². The van der Waals surface area contributed by atoms with Gasteiger partial charge in [0.1, 0.15) is 0 Å². The number of aliphatic hydroxyl groups is 1. The first-order chi connectivity index (χ1) is 12.6. The third-order valence-electron chi connectivity index (χ3n) is 4.85. The summed E-state index contributed by atoms with van der Waals surface area (Å²) in [6, 6.07) is 19.7. The number of anilines is 1. The Bertz CT molecular complexity index is 929. The lowest BCUT2D eigenvalue weighted by atomic mass is 10.0. The van der Waals surface area contributed by atoms with E-state index >= 15 is 0 Å². The van der Waals surface area contributed by atoms with Gasteiger partial charge in [-0.3, -0.25) is 14.7 Å². The molecular weight excluding hydrogens is 326 g/mol. The number of aromatic nitrogens is 1. The highest BCUT2D eigenvalue weighted by atomic mass is 16.3. The third kappa shape index (κ3) is 3.45. The fraction of sp³-hybridized carbons (Fsp3) is 0.238. The standard InChI is InChI=1S/C21H21N3O2/c25-20(23-18-12-17-8-4-5-9-19(17)22-13-18)21(26)10-11-24(15-21)14-16-6-2-1-3-7-16/h1-9,12-13,26H,10-11,14-15H2,(H,23,25). The molecule has 1 atom stereocenters. The van der Waals surface area contributed by atoms with E-state index in [-0.39, 0.29) is 5.91 Å². The predicted octanol–water partition coefficient (Wildman–Crippen LogP) is 2.81. The first-order valence-electron chi connectivity index (χ1n) is 8.77. The Kier molecular flexibility index (Phi) is 4.41. The fourth-order valence-corrected chi connectivity index (χ4v) is 3.42. The van der Waals surface area contributed by atoms with E-state index in [0.717, 1.165) is 17.4 Å². The van der Waals surface area contributed by atoms with E-state index in [2.05, 4.69) is 27.3 Å². The van der Waals surface area contributed by atoms with Crippen molar-refractivity contribution in [2.75, 3.05) is 18.4 Å². The number of fused-ring (bicyclic) bond motifs is 1. The summed E-state index contributed by atoms with van der Waals surface area (Å²) < 4.78 is 0. The van der Waals surface area contributed by atoms with E-state index < -0.39 is 5.60 Å². The Morgan fingerprint density at radius 3 is 2.77 bits per heavy atom. The van der Waals surface area contributed by atoms with E-state index in [0.29, 0.717) is 25.2 Å². The second-order valence-corrected chi connectivity index (χ2v) is 6.85. The van der Waals surface area contributed by atoms with Crippen molar-refractivity contribution in [3.8, 4) is 0 Å². The van der Waals surface area contributed by atoms with Crippen LogP contribution in [0.15, 0.2) is 66.9 Å². The Hall–Kier alpha value is -2.76. The Labute approximate surface area is 152 Å². The Morgan fingerprint density at radius 1 is 1.15 bits per heavy atom. The number of likely N-dealkylation sites (tertiary alicyclic amines) is 1. The van der Waals surface area contributed by atoms with Crippen LogP contribution in [0.25, 0.3) is 10.9 Å². The van der Waals surface area contributed by atoms with Crippen LogP contribution < -0.4 is 5.32 Å². The maximum atomic E-state index is 12.7. The van der Waals surface area contributed by atoms with Gasteiger partial charge in [0.2, 0.25) is 0 Å². The van der Waals surface area contributed by atoms with Gasteiger partial charge in [-0.05, 0) is 24.1 Å². The topological polar surface area (TPSA) is 65.5 Å². The molecule has 5 nitrogen and oxygen atoms in total. The van der Waals surface area contributed by atoms with Crippen LogP contribution in [0.3, 0.4) is 0 Å². The molecule has 1 fully saturated rings. The molecule has 0 radical (unpaired) electrons. The Balaban J connectivity index is 1.43. The quantitative estimate of drug-likeness (QED) is 0.762. The number of para-hydroxylation sites is 1. The third-order valence-corrected chi connectivity index (χ3v) is 4.85. The molecule has 0 spiro atoms. The van der Waals surface area contributed by atoms with Gasteiger partial charge in [-0.2, -0.15) is 0 Å². The summed E-state index contributed by atoms with van der Waals surface area (Å²) in [5, 5.41) is 14.6. The van der Waals surface area contributed by atoms with E-state index in [4.69, 9.17) is 0 Å². The van der Waals surface area contributed by atoms with Crippen molar-refractivity contribution in [2.45, 2.75) is 18.6 Å². The molecule has 0 aliphatic carbocycles. The molecular formula is C21H21N3O2. The molecule has 0 saturated carbocycles. The lowest BCUT2D eigenvalue weighted by Crippen LogP contribution is -2.45. The molecule has 3 aromatic rings. The number of amides is 1. The van der Waals surface area contributed by atoms with Gasteiger partial charge in [0.25, 0.3) is 5.91 Å².